The molecule has 1 fully saturated rings. The Morgan fingerprint density at radius 3 is 2.64 bits per heavy atom. The fourth-order valence-electron chi connectivity index (χ4n) is 1.05. The molecule has 0 spiro atoms. The van der Waals surface area contributed by atoms with Crippen LogP contribution in [-0.2, 0) is 4.74 Å². The van der Waals surface area contributed by atoms with Crippen LogP contribution in [0.15, 0.2) is 11.6 Å². The van der Waals surface area contributed by atoms with Crippen LogP contribution in [0.4, 0.5) is 0 Å². The number of alkyl halides is 1. The largest absolute Gasteiger partial charge is 0.365 e. The van der Waals surface area contributed by atoms with E-state index in [1.165, 1.54) is 5.57 Å². The molecule has 11 heavy (non-hydrogen) atoms. The summed E-state index contributed by atoms with van der Waals surface area (Å²) in [5.41, 5.74) is 1.57. The molecule has 2 heteroatoms. The van der Waals surface area contributed by atoms with E-state index in [-0.39, 0.29) is 5.60 Å². The lowest BCUT2D eigenvalue weighted by atomic mass is 10.1. The molecule has 1 aliphatic heterocycles. The fourth-order valence-corrected chi connectivity index (χ4v) is 1.72. The molecule has 0 amide bonds. The standard InChI is InChI=1S/C9H15IO/c1-7(2)4-5-8-9(3,6-10)11-8/h4,8H,5-6H2,1-3H3. The lowest BCUT2D eigenvalue weighted by Gasteiger charge is -1.96. The Bertz CT molecular complexity index is 172. The normalized spacial score (nSPS) is 35.1. The zero-order valence-corrected chi connectivity index (χ0v) is 9.51. The lowest BCUT2D eigenvalue weighted by Crippen LogP contribution is -2.10. The third-order valence-corrected chi connectivity index (χ3v) is 3.56. The van der Waals surface area contributed by atoms with Crippen molar-refractivity contribution in [3.05, 3.63) is 11.6 Å². The second-order valence-electron chi connectivity index (χ2n) is 3.57. The molecule has 1 aliphatic rings. The Morgan fingerprint density at radius 2 is 2.27 bits per heavy atom. The van der Waals surface area contributed by atoms with Gasteiger partial charge >= 0.3 is 0 Å². The molecule has 0 bridgehead atoms. The van der Waals surface area contributed by atoms with Crippen LogP contribution in [0.5, 0.6) is 0 Å². The predicted octanol–water partition coefficient (Wildman–Crippen LogP) is 2.94. The summed E-state index contributed by atoms with van der Waals surface area (Å²) >= 11 is 2.38. The minimum absolute atomic E-state index is 0.187. The summed E-state index contributed by atoms with van der Waals surface area (Å²) in [6.07, 6.45) is 3.82. The molecule has 2 unspecified atom stereocenters. The van der Waals surface area contributed by atoms with E-state index in [4.69, 9.17) is 4.74 Å². The SMILES string of the molecule is CC(C)=CCC1OC1(C)CI. The molecule has 2 atom stereocenters. The Hall–Kier alpha value is 0.430. The van der Waals surface area contributed by atoms with Crippen molar-refractivity contribution in [2.75, 3.05) is 4.43 Å². The van der Waals surface area contributed by atoms with Crippen LogP contribution in [0.3, 0.4) is 0 Å². The van der Waals surface area contributed by atoms with E-state index < -0.39 is 0 Å². The zero-order valence-electron chi connectivity index (χ0n) is 7.36. The highest BCUT2D eigenvalue weighted by Crippen LogP contribution is 2.40. The smallest absolute Gasteiger partial charge is 0.101 e. The van der Waals surface area contributed by atoms with Crippen LogP contribution in [0.25, 0.3) is 0 Å². The van der Waals surface area contributed by atoms with Gasteiger partial charge in [0.15, 0.2) is 0 Å². The third kappa shape index (κ3) is 2.44. The van der Waals surface area contributed by atoms with Crippen molar-refractivity contribution in [1.29, 1.82) is 0 Å². The van der Waals surface area contributed by atoms with Crippen molar-refractivity contribution in [2.45, 2.75) is 38.9 Å². The van der Waals surface area contributed by atoms with Crippen molar-refractivity contribution in [3.8, 4) is 0 Å². The van der Waals surface area contributed by atoms with Gasteiger partial charge in [-0.15, -0.1) is 0 Å². The highest BCUT2D eigenvalue weighted by atomic mass is 127. The minimum Gasteiger partial charge on any atom is -0.365 e. The zero-order chi connectivity index (χ0) is 8.48. The van der Waals surface area contributed by atoms with Crippen molar-refractivity contribution < 1.29 is 4.74 Å². The van der Waals surface area contributed by atoms with Gasteiger partial charge in [0.2, 0.25) is 0 Å². The summed E-state index contributed by atoms with van der Waals surface area (Å²) in [6, 6.07) is 0. The van der Waals surface area contributed by atoms with Crippen LogP contribution in [-0.4, -0.2) is 16.1 Å². The molecule has 1 nitrogen and oxygen atoms in total. The van der Waals surface area contributed by atoms with Crippen molar-refractivity contribution in [1.82, 2.24) is 0 Å². The molecule has 1 rings (SSSR count). The van der Waals surface area contributed by atoms with Crippen molar-refractivity contribution in [2.24, 2.45) is 0 Å². The molecular weight excluding hydrogens is 251 g/mol. The maximum absolute atomic E-state index is 5.55. The number of halogens is 1. The summed E-state index contributed by atoms with van der Waals surface area (Å²) in [7, 11) is 0. The first-order valence-corrected chi connectivity index (χ1v) is 5.48. The van der Waals surface area contributed by atoms with Gasteiger partial charge in [-0.2, -0.15) is 0 Å². The molecule has 64 valence electrons. The van der Waals surface area contributed by atoms with Crippen molar-refractivity contribution >= 4 is 22.6 Å². The molecule has 0 saturated carbocycles. The van der Waals surface area contributed by atoms with E-state index in [0.717, 1.165) is 10.8 Å². The van der Waals surface area contributed by atoms with E-state index in [9.17, 15) is 0 Å². The van der Waals surface area contributed by atoms with E-state index >= 15 is 0 Å². The summed E-state index contributed by atoms with van der Waals surface area (Å²) in [6.45, 7) is 6.44. The molecule has 0 radical (unpaired) electrons. The average molecular weight is 266 g/mol. The van der Waals surface area contributed by atoms with Gasteiger partial charge in [0.25, 0.3) is 0 Å². The number of allylic oxidation sites excluding steroid dienone is 1. The van der Waals surface area contributed by atoms with E-state index in [0.29, 0.717) is 6.10 Å². The second-order valence-corrected chi connectivity index (χ2v) is 4.33. The summed E-state index contributed by atoms with van der Waals surface area (Å²) in [5, 5.41) is 0. The van der Waals surface area contributed by atoms with E-state index in [2.05, 4.69) is 49.4 Å². The Morgan fingerprint density at radius 1 is 1.64 bits per heavy atom. The number of rotatable bonds is 3. The molecule has 1 saturated heterocycles. The quantitative estimate of drug-likeness (QED) is 0.331. The topological polar surface area (TPSA) is 12.5 Å². The highest BCUT2D eigenvalue weighted by molar-refractivity contribution is 14.1. The Kier molecular flexibility index (Phi) is 2.97. The van der Waals surface area contributed by atoms with Gasteiger partial charge < -0.3 is 4.74 Å². The molecule has 0 aliphatic carbocycles. The first-order valence-electron chi connectivity index (χ1n) is 3.95. The maximum atomic E-state index is 5.55. The van der Waals surface area contributed by atoms with E-state index in [1.54, 1.807) is 0 Å². The van der Waals surface area contributed by atoms with Gasteiger partial charge in [0.05, 0.1) is 6.10 Å². The van der Waals surface area contributed by atoms with Gasteiger partial charge in [-0.05, 0) is 27.2 Å². The van der Waals surface area contributed by atoms with Gasteiger partial charge in [-0.25, -0.2) is 0 Å². The highest BCUT2D eigenvalue weighted by Gasteiger charge is 2.50. The lowest BCUT2D eigenvalue weighted by molar-refractivity contribution is 0.329. The first-order chi connectivity index (χ1) is 5.08. The third-order valence-electron chi connectivity index (χ3n) is 2.04. The number of epoxide rings is 1. The van der Waals surface area contributed by atoms with Crippen LogP contribution in [0.1, 0.15) is 27.2 Å². The van der Waals surface area contributed by atoms with Crippen LogP contribution >= 0.6 is 22.6 Å². The molecule has 0 N–H and O–H groups in total. The first kappa shape index (κ1) is 9.52. The monoisotopic (exact) mass is 266 g/mol. The Labute approximate surface area is 82.3 Å². The van der Waals surface area contributed by atoms with Crippen LogP contribution in [0, 0.1) is 0 Å². The van der Waals surface area contributed by atoms with E-state index in [1.807, 2.05) is 0 Å². The van der Waals surface area contributed by atoms with Crippen molar-refractivity contribution in [3.63, 3.8) is 0 Å². The number of hydrogen-bond acceptors (Lipinski definition) is 1. The van der Waals surface area contributed by atoms with Crippen LogP contribution < -0.4 is 0 Å². The molecule has 0 aromatic heterocycles. The molecule has 1 heterocycles. The minimum atomic E-state index is 0.187. The summed E-state index contributed by atoms with van der Waals surface area (Å²) < 4.78 is 6.66. The molecule has 0 aromatic carbocycles. The van der Waals surface area contributed by atoms with Gasteiger partial charge in [0.1, 0.15) is 5.60 Å². The summed E-state index contributed by atoms with van der Waals surface area (Å²) in [4.78, 5) is 0. The van der Waals surface area contributed by atoms with Crippen LogP contribution in [0.2, 0.25) is 0 Å². The van der Waals surface area contributed by atoms with Gasteiger partial charge in [-0.3, -0.25) is 0 Å². The molecular formula is C9H15IO. The number of hydrogen-bond donors (Lipinski definition) is 0. The number of ether oxygens (including phenoxy) is 1. The fraction of sp³-hybridized carbons (Fsp3) is 0.778. The van der Waals surface area contributed by atoms with Gasteiger partial charge in [0, 0.05) is 4.43 Å². The Balaban J connectivity index is 2.29. The second kappa shape index (κ2) is 3.44. The summed E-state index contributed by atoms with van der Waals surface area (Å²) in [5.74, 6) is 0. The average Bonchev–Trinajstić information content (AvgIpc) is 2.59. The predicted molar refractivity (Wildman–Crippen MR) is 56.2 cm³/mol. The van der Waals surface area contributed by atoms with Gasteiger partial charge in [-0.1, -0.05) is 34.2 Å². The maximum Gasteiger partial charge on any atom is 0.101 e. The molecule has 0 aromatic rings.